The summed E-state index contributed by atoms with van der Waals surface area (Å²) in [4.78, 5) is 10.8. The minimum absolute atomic E-state index is 0.205. The van der Waals surface area contributed by atoms with E-state index in [1.165, 1.54) is 0 Å². The van der Waals surface area contributed by atoms with Crippen molar-refractivity contribution in [2.75, 3.05) is 21.3 Å². The summed E-state index contributed by atoms with van der Waals surface area (Å²) in [7, 11) is 4.78. The van der Waals surface area contributed by atoms with E-state index >= 15 is 0 Å². The van der Waals surface area contributed by atoms with Crippen LogP contribution in [0.15, 0.2) is 12.2 Å². The summed E-state index contributed by atoms with van der Waals surface area (Å²) in [5.74, 6) is 0.205. The molecule has 4 nitrogen and oxygen atoms in total. The Balaban J connectivity index is 0. The van der Waals surface area contributed by atoms with Crippen molar-refractivity contribution in [3.63, 3.8) is 0 Å². The topological polar surface area (TPSA) is 44.8 Å². The van der Waals surface area contributed by atoms with Gasteiger partial charge in [0.2, 0.25) is 0 Å². The van der Waals surface area contributed by atoms with Gasteiger partial charge in [0.15, 0.2) is 5.78 Å². The Labute approximate surface area is 104 Å². The number of rotatable bonds is 7. The molecule has 0 spiro atoms. The van der Waals surface area contributed by atoms with E-state index in [9.17, 15) is 4.79 Å². The zero-order valence-corrected chi connectivity index (χ0v) is 13.5. The Morgan fingerprint density at radius 3 is 1.81 bits per heavy atom. The summed E-state index contributed by atoms with van der Waals surface area (Å²) < 4.78 is 14.4. The molecule has 0 aliphatic heterocycles. The van der Waals surface area contributed by atoms with Crippen molar-refractivity contribution in [3.05, 3.63) is 12.2 Å². The third kappa shape index (κ3) is 11.9. The monoisotopic (exact) mass is 294 g/mol. The first kappa shape index (κ1) is 18.2. The minimum atomic E-state index is -2.08. The van der Waals surface area contributed by atoms with Gasteiger partial charge in [0.05, 0.1) is 0 Å². The van der Waals surface area contributed by atoms with Gasteiger partial charge < -0.3 is 0 Å². The predicted molar refractivity (Wildman–Crippen MR) is 67.5 cm³/mol. The van der Waals surface area contributed by atoms with E-state index in [-0.39, 0.29) is 5.78 Å². The van der Waals surface area contributed by atoms with E-state index in [2.05, 4.69) is 13.5 Å². The van der Waals surface area contributed by atoms with Crippen LogP contribution in [0.4, 0.5) is 0 Å². The molecule has 0 heterocycles. The van der Waals surface area contributed by atoms with Crippen molar-refractivity contribution in [2.24, 2.45) is 0 Å². The molecule has 0 aliphatic rings. The Morgan fingerprint density at radius 2 is 1.62 bits per heavy atom. The fourth-order valence-corrected chi connectivity index (χ4v) is 2.05. The molecule has 0 N–H and O–H groups in total. The second kappa shape index (κ2) is 12.9. The molecule has 0 aliphatic carbocycles. The summed E-state index contributed by atoms with van der Waals surface area (Å²) in [6, 6.07) is 0. The summed E-state index contributed by atoms with van der Waals surface area (Å²) in [5, 5.41) is 0. The van der Waals surface area contributed by atoms with Gasteiger partial charge in [-0.2, -0.15) is 0 Å². The van der Waals surface area contributed by atoms with Crippen molar-refractivity contribution in [2.45, 2.75) is 33.1 Å². The number of hydrogen-bond donors (Lipinski definition) is 0. The molecule has 0 unspecified atom stereocenters. The third-order valence-electron chi connectivity index (χ3n) is 1.81. The van der Waals surface area contributed by atoms with Crippen LogP contribution < -0.4 is 0 Å². The molecule has 0 fully saturated rings. The van der Waals surface area contributed by atoms with E-state index in [0.717, 1.165) is 12.8 Å². The van der Waals surface area contributed by atoms with Crippen molar-refractivity contribution in [1.29, 1.82) is 0 Å². The number of allylic oxidation sites excluding steroid dienone is 1. The molecule has 96 valence electrons. The van der Waals surface area contributed by atoms with Gasteiger partial charge >= 0.3 is 48.0 Å². The molecule has 0 radical (unpaired) electrons. The first-order valence-electron chi connectivity index (χ1n) is 5.30. The van der Waals surface area contributed by atoms with E-state index in [4.69, 9.17) is 11.3 Å². The molecular weight excluding hydrogens is 269 g/mol. The fourth-order valence-electron chi connectivity index (χ4n) is 0.839. The molecule has 0 atom stereocenters. The van der Waals surface area contributed by atoms with E-state index in [1.807, 2.05) is 0 Å². The maximum atomic E-state index is 10.8. The maximum absolute atomic E-state index is 10.8. The van der Waals surface area contributed by atoms with Gasteiger partial charge in [-0.15, -0.1) is 0 Å². The number of carbonyl (C=O) groups excluding carboxylic acids is 1. The van der Waals surface area contributed by atoms with Crippen LogP contribution in [-0.4, -0.2) is 42.5 Å². The quantitative estimate of drug-likeness (QED) is 0.532. The van der Waals surface area contributed by atoms with Gasteiger partial charge in [0.1, 0.15) is 0 Å². The van der Waals surface area contributed by atoms with Crippen LogP contribution in [0.3, 0.4) is 0 Å². The zero-order valence-electron chi connectivity index (χ0n) is 11.0. The summed E-state index contributed by atoms with van der Waals surface area (Å²) in [6.45, 7) is 7.40. The molecule has 0 saturated carbocycles. The molecule has 0 rings (SSSR count). The molecule has 0 aromatic carbocycles. The predicted octanol–water partition coefficient (Wildman–Crippen LogP) is 1.96. The van der Waals surface area contributed by atoms with Crippen LogP contribution in [0.1, 0.15) is 33.1 Å². The average molecular weight is 293 g/mol. The molecule has 16 heavy (non-hydrogen) atoms. The molecule has 0 amide bonds. The number of ketones is 1. The fraction of sp³-hybridized carbons (Fsp3) is 0.727. The summed E-state index contributed by atoms with van der Waals surface area (Å²) >= 11 is -2.08. The number of hydrogen-bond acceptors (Lipinski definition) is 4. The van der Waals surface area contributed by atoms with Gasteiger partial charge in [0.25, 0.3) is 0 Å². The first-order chi connectivity index (χ1) is 7.53. The third-order valence-corrected chi connectivity index (χ3v) is 4.23. The second-order valence-corrected chi connectivity index (χ2v) is 7.48. The van der Waals surface area contributed by atoms with Gasteiger partial charge in [-0.1, -0.05) is 19.9 Å². The second-order valence-electron chi connectivity index (χ2n) is 3.30. The van der Waals surface area contributed by atoms with Gasteiger partial charge in [0, 0.05) is 6.42 Å². The first-order valence-corrected chi connectivity index (χ1v) is 8.27. The van der Waals surface area contributed by atoms with Crippen molar-refractivity contribution >= 4 is 21.1 Å². The van der Waals surface area contributed by atoms with Crippen LogP contribution in [0.2, 0.25) is 0 Å². The summed E-state index contributed by atoms with van der Waals surface area (Å²) in [6.07, 6.45) is 2.75. The van der Waals surface area contributed by atoms with E-state index in [1.54, 1.807) is 28.3 Å². The van der Waals surface area contributed by atoms with Gasteiger partial charge in [-0.25, -0.2) is 0 Å². The van der Waals surface area contributed by atoms with Crippen LogP contribution in [-0.2, 0) is 16.1 Å². The van der Waals surface area contributed by atoms with Crippen LogP contribution in [0.5, 0.6) is 0 Å². The van der Waals surface area contributed by atoms with Crippen LogP contribution in [0, 0.1) is 0 Å². The number of carbonyl (C=O) groups is 1. The Kier molecular flexibility index (Phi) is 14.7. The molecular formula is C11H24GeO4. The standard InChI is InChI=1S/C8H14O.C3H10GeO3/c1-4-5-6-8(9)7(2)3;1-5-4(6-2)7-3/h2,4-6H2,1,3H3;4H,1-3H3. The zero-order chi connectivity index (χ0) is 13.0. The molecule has 0 aromatic heterocycles. The molecule has 0 aromatic rings. The van der Waals surface area contributed by atoms with Crippen molar-refractivity contribution in [1.82, 2.24) is 0 Å². The van der Waals surface area contributed by atoms with E-state index in [0.29, 0.717) is 12.0 Å². The van der Waals surface area contributed by atoms with Gasteiger partial charge in [-0.05, 0) is 18.9 Å². The summed E-state index contributed by atoms with van der Waals surface area (Å²) in [5.41, 5.74) is 0.684. The number of unbranched alkanes of at least 4 members (excludes halogenated alkanes) is 1. The number of Topliss-reactive ketones (excluding diaryl/α,β-unsaturated/α-hetero) is 1. The Hall–Kier alpha value is -0.167. The van der Waals surface area contributed by atoms with E-state index < -0.39 is 15.4 Å². The Morgan fingerprint density at radius 1 is 1.19 bits per heavy atom. The van der Waals surface area contributed by atoms with Crippen molar-refractivity contribution < 1.29 is 16.1 Å². The van der Waals surface area contributed by atoms with Crippen molar-refractivity contribution in [3.8, 4) is 0 Å². The SMILES string of the molecule is C=C(C)C(=O)CCCC.C[O][GeH]([O]C)[O]C. The molecule has 5 heteroatoms. The Bertz CT molecular complexity index is 185. The molecule has 0 bridgehead atoms. The average Bonchev–Trinajstić information content (AvgIpc) is 2.29. The van der Waals surface area contributed by atoms with Gasteiger partial charge in [-0.3, -0.25) is 4.79 Å². The molecule has 0 saturated heterocycles. The van der Waals surface area contributed by atoms with Crippen LogP contribution >= 0.6 is 0 Å². The van der Waals surface area contributed by atoms with Crippen LogP contribution in [0.25, 0.3) is 0 Å². The normalized spacial score (nSPS) is 9.62.